The van der Waals surface area contributed by atoms with Crippen molar-refractivity contribution in [3.05, 3.63) is 29.8 Å². The molecule has 0 saturated heterocycles. The maximum atomic E-state index is 12.2. The van der Waals surface area contributed by atoms with Gasteiger partial charge in [-0.15, -0.1) is 0 Å². The van der Waals surface area contributed by atoms with Gasteiger partial charge in [-0.2, -0.15) is 0 Å². The van der Waals surface area contributed by atoms with Gasteiger partial charge in [0.2, 0.25) is 15.9 Å². The molecule has 138 valence electrons. The third-order valence-electron chi connectivity index (χ3n) is 4.53. The molecule has 0 bridgehead atoms. The molecule has 1 N–H and O–H groups in total. The number of benzene rings is 1. The molecule has 1 saturated carbocycles. The molecule has 1 aromatic carbocycles. The van der Waals surface area contributed by atoms with Crippen LogP contribution in [0.3, 0.4) is 0 Å². The first-order valence-corrected chi connectivity index (χ1v) is 10.5. The Morgan fingerprint density at radius 3 is 2.48 bits per heavy atom. The van der Waals surface area contributed by atoms with Crippen molar-refractivity contribution in [3.8, 4) is 0 Å². The lowest BCUT2D eigenvalue weighted by Crippen LogP contribution is -2.40. The maximum Gasteiger partial charge on any atom is 0.232 e. The molecule has 0 heterocycles. The molecule has 1 aromatic rings. The second-order valence-electron chi connectivity index (χ2n) is 6.57. The summed E-state index contributed by atoms with van der Waals surface area (Å²) in [5.74, 6) is -0.0759. The molecule has 0 atom stereocenters. The lowest BCUT2D eigenvalue weighted by atomic mass is 9.89. The number of hydrogen-bond acceptors (Lipinski definition) is 4. The lowest BCUT2D eigenvalue weighted by molar-refractivity contribution is -0.125. The van der Waals surface area contributed by atoms with E-state index in [9.17, 15) is 18.0 Å². The average molecular weight is 366 g/mol. The molecule has 0 aliphatic heterocycles. The van der Waals surface area contributed by atoms with Crippen molar-refractivity contribution >= 4 is 27.4 Å². The fourth-order valence-corrected chi connectivity index (χ4v) is 4.08. The van der Waals surface area contributed by atoms with Crippen molar-refractivity contribution in [2.45, 2.75) is 39.0 Å². The Morgan fingerprint density at radius 2 is 1.88 bits per heavy atom. The topological polar surface area (TPSA) is 83.6 Å². The number of carbonyl (C=O) groups excluding carboxylic acids is 2. The number of amides is 1. The van der Waals surface area contributed by atoms with Crippen LogP contribution in [0.25, 0.3) is 0 Å². The van der Waals surface area contributed by atoms with E-state index in [4.69, 9.17) is 0 Å². The van der Waals surface area contributed by atoms with Crippen molar-refractivity contribution in [1.82, 2.24) is 5.32 Å². The summed E-state index contributed by atoms with van der Waals surface area (Å²) in [6, 6.07) is 6.52. The van der Waals surface area contributed by atoms with Crippen LogP contribution in [-0.4, -0.2) is 39.5 Å². The normalized spacial score (nSPS) is 15.6. The SMILES string of the molecule is CC(=O)c1cccc(N(CCNC(=O)C2CCCCC2)S(C)(=O)=O)c1. The number of nitrogens with one attached hydrogen (secondary N) is 1. The van der Waals surface area contributed by atoms with Gasteiger partial charge in [0.25, 0.3) is 0 Å². The van der Waals surface area contributed by atoms with Crippen LogP contribution in [0, 0.1) is 5.92 Å². The van der Waals surface area contributed by atoms with E-state index in [2.05, 4.69) is 5.32 Å². The van der Waals surface area contributed by atoms with E-state index < -0.39 is 10.0 Å². The van der Waals surface area contributed by atoms with E-state index in [1.165, 1.54) is 17.6 Å². The van der Waals surface area contributed by atoms with Crippen molar-refractivity contribution < 1.29 is 18.0 Å². The predicted molar refractivity (Wildman–Crippen MR) is 98.2 cm³/mol. The Balaban J connectivity index is 2.02. The fraction of sp³-hybridized carbons (Fsp3) is 0.556. The van der Waals surface area contributed by atoms with E-state index in [-0.39, 0.29) is 30.7 Å². The molecule has 1 aliphatic carbocycles. The van der Waals surface area contributed by atoms with Gasteiger partial charge in [-0.1, -0.05) is 31.4 Å². The highest BCUT2D eigenvalue weighted by molar-refractivity contribution is 7.92. The van der Waals surface area contributed by atoms with E-state index in [0.717, 1.165) is 31.9 Å². The fourth-order valence-electron chi connectivity index (χ4n) is 3.16. The Bertz CT molecular complexity index is 724. The quantitative estimate of drug-likeness (QED) is 0.751. The van der Waals surface area contributed by atoms with Crippen LogP contribution >= 0.6 is 0 Å². The molecule has 1 aliphatic rings. The number of rotatable bonds is 7. The zero-order valence-corrected chi connectivity index (χ0v) is 15.6. The molecule has 0 spiro atoms. The number of Topliss-reactive ketones (excluding diaryl/α,β-unsaturated/α-hetero) is 1. The molecule has 1 fully saturated rings. The summed E-state index contributed by atoms with van der Waals surface area (Å²) in [5.41, 5.74) is 0.888. The highest BCUT2D eigenvalue weighted by Crippen LogP contribution is 2.23. The van der Waals surface area contributed by atoms with Crippen molar-refractivity contribution in [2.24, 2.45) is 5.92 Å². The number of nitrogens with zero attached hydrogens (tertiary/aromatic N) is 1. The van der Waals surface area contributed by atoms with Crippen molar-refractivity contribution in [1.29, 1.82) is 0 Å². The summed E-state index contributed by atoms with van der Waals surface area (Å²) in [6.45, 7) is 1.82. The number of carbonyl (C=O) groups is 2. The van der Waals surface area contributed by atoms with Gasteiger partial charge >= 0.3 is 0 Å². The van der Waals surface area contributed by atoms with Gasteiger partial charge in [0.05, 0.1) is 18.5 Å². The van der Waals surface area contributed by atoms with Gasteiger partial charge in [-0.05, 0) is 31.9 Å². The van der Waals surface area contributed by atoms with Crippen LogP contribution < -0.4 is 9.62 Å². The van der Waals surface area contributed by atoms with Crippen LogP contribution in [0.15, 0.2) is 24.3 Å². The highest BCUT2D eigenvalue weighted by Gasteiger charge is 2.22. The van der Waals surface area contributed by atoms with E-state index in [1.807, 2.05) is 0 Å². The minimum absolute atomic E-state index is 0.00522. The van der Waals surface area contributed by atoms with Crippen LogP contribution in [0.1, 0.15) is 49.4 Å². The third kappa shape index (κ3) is 5.56. The monoisotopic (exact) mass is 366 g/mol. The molecule has 7 heteroatoms. The van der Waals surface area contributed by atoms with Gasteiger partial charge in [0.1, 0.15) is 0 Å². The first-order valence-electron chi connectivity index (χ1n) is 8.65. The Morgan fingerprint density at radius 1 is 1.20 bits per heavy atom. The molecule has 0 aromatic heterocycles. The number of ketones is 1. The van der Waals surface area contributed by atoms with Gasteiger partial charge in [0.15, 0.2) is 5.78 Å². The molecule has 0 radical (unpaired) electrons. The van der Waals surface area contributed by atoms with Crippen LogP contribution in [0.4, 0.5) is 5.69 Å². The lowest BCUT2D eigenvalue weighted by Gasteiger charge is -2.24. The van der Waals surface area contributed by atoms with Gasteiger partial charge < -0.3 is 5.32 Å². The maximum absolute atomic E-state index is 12.2. The molecule has 1 amide bonds. The van der Waals surface area contributed by atoms with Crippen LogP contribution in [0.2, 0.25) is 0 Å². The van der Waals surface area contributed by atoms with Crippen LogP contribution in [-0.2, 0) is 14.8 Å². The summed E-state index contributed by atoms with van der Waals surface area (Å²) in [4.78, 5) is 23.7. The zero-order chi connectivity index (χ0) is 18.4. The zero-order valence-electron chi connectivity index (χ0n) is 14.8. The summed E-state index contributed by atoms with van der Waals surface area (Å²) in [7, 11) is -3.51. The molecule has 25 heavy (non-hydrogen) atoms. The largest absolute Gasteiger partial charge is 0.354 e. The second kappa shape index (κ2) is 8.47. The van der Waals surface area contributed by atoms with Crippen molar-refractivity contribution in [3.63, 3.8) is 0 Å². The average Bonchev–Trinajstić information content (AvgIpc) is 2.58. The van der Waals surface area contributed by atoms with Crippen LogP contribution in [0.5, 0.6) is 0 Å². The predicted octanol–water partition coefficient (Wildman–Crippen LogP) is 2.35. The minimum Gasteiger partial charge on any atom is -0.354 e. The smallest absolute Gasteiger partial charge is 0.232 e. The summed E-state index contributed by atoms with van der Waals surface area (Å²) in [5, 5.41) is 2.85. The molecule has 6 nitrogen and oxygen atoms in total. The first kappa shape index (κ1) is 19.4. The summed E-state index contributed by atoms with van der Waals surface area (Å²) >= 11 is 0. The number of sulfonamides is 1. The first-order chi connectivity index (χ1) is 11.8. The third-order valence-corrected chi connectivity index (χ3v) is 5.73. The minimum atomic E-state index is -3.51. The highest BCUT2D eigenvalue weighted by atomic mass is 32.2. The number of hydrogen-bond donors (Lipinski definition) is 1. The Kier molecular flexibility index (Phi) is 6.58. The Hall–Kier alpha value is -1.89. The van der Waals surface area contributed by atoms with E-state index in [0.29, 0.717) is 11.3 Å². The van der Waals surface area contributed by atoms with Crippen molar-refractivity contribution in [2.75, 3.05) is 23.7 Å². The number of anilines is 1. The molecular weight excluding hydrogens is 340 g/mol. The Labute approximate surface area is 149 Å². The second-order valence-corrected chi connectivity index (χ2v) is 8.47. The standard InChI is InChI=1S/C18H26N2O4S/c1-14(21)16-9-6-10-17(13-16)20(25(2,23)24)12-11-19-18(22)15-7-4-3-5-8-15/h6,9-10,13,15H,3-5,7-8,11-12H2,1-2H3,(H,19,22). The van der Waals surface area contributed by atoms with Gasteiger partial charge in [-0.3, -0.25) is 13.9 Å². The van der Waals surface area contributed by atoms with Gasteiger partial charge in [0, 0.05) is 18.0 Å². The molecule has 2 rings (SSSR count). The summed E-state index contributed by atoms with van der Waals surface area (Å²) in [6.07, 6.45) is 6.26. The van der Waals surface area contributed by atoms with E-state index in [1.54, 1.807) is 24.3 Å². The summed E-state index contributed by atoms with van der Waals surface area (Å²) < 4.78 is 25.5. The molecular formula is C18H26N2O4S. The molecule has 0 unspecified atom stereocenters. The van der Waals surface area contributed by atoms with E-state index >= 15 is 0 Å². The van der Waals surface area contributed by atoms with Gasteiger partial charge in [-0.25, -0.2) is 8.42 Å².